The summed E-state index contributed by atoms with van der Waals surface area (Å²) in [4.78, 5) is 19.9. The number of rotatable bonds is 10. The maximum atomic E-state index is 11.3. The average molecular weight is 841 g/mol. The van der Waals surface area contributed by atoms with Crippen LogP contribution in [0.5, 0.6) is 11.5 Å². The number of benzene rings is 6. The third-order valence-corrected chi connectivity index (χ3v) is 9.95. The van der Waals surface area contributed by atoms with Crippen molar-refractivity contribution in [2.75, 3.05) is 0 Å². The number of non-ortho nitro benzene ring substituents is 2. The van der Waals surface area contributed by atoms with Crippen molar-refractivity contribution in [3.05, 3.63) is 128 Å². The van der Waals surface area contributed by atoms with E-state index < -0.39 is 39.9 Å². The van der Waals surface area contributed by atoms with Crippen molar-refractivity contribution in [3.8, 4) is 11.5 Å². The van der Waals surface area contributed by atoms with Gasteiger partial charge in [-0.25, -0.2) is 16.8 Å². The fraction of sp³-hybridized carbons (Fsp3) is 0.111. The molecule has 0 radical (unpaired) electrons. The Kier molecular flexibility index (Phi) is 14.1. The molecule has 0 amide bonds. The first-order valence-electron chi connectivity index (χ1n) is 16.2. The first-order valence-corrected chi connectivity index (χ1v) is 19.0. The van der Waals surface area contributed by atoms with E-state index >= 15 is 0 Å². The molecule has 0 aliphatic carbocycles. The number of nitro benzene ring substituents is 2. The van der Waals surface area contributed by atoms with E-state index in [-0.39, 0.29) is 82.8 Å². The van der Waals surface area contributed by atoms with Crippen LogP contribution < -0.4 is 0 Å². The summed E-state index contributed by atoms with van der Waals surface area (Å²) in [6.07, 6.45) is 0.937. The fourth-order valence-electron chi connectivity index (χ4n) is 5.40. The summed E-state index contributed by atoms with van der Waals surface area (Å²) in [5.41, 5.74) is 1.74. The van der Waals surface area contributed by atoms with Crippen LogP contribution in [0.2, 0.25) is 0 Å². The molecule has 0 unspecified atom stereocenters. The minimum absolute atomic E-state index is 0. The second-order valence-corrected chi connectivity index (χ2v) is 14.5. The summed E-state index contributed by atoms with van der Waals surface area (Å²) in [7, 11) is -9.36. The largest absolute Gasteiger partial charge is 2.00 e. The van der Waals surface area contributed by atoms with Gasteiger partial charge in [-0.1, -0.05) is 38.1 Å². The number of aromatic hydroxyl groups is 2. The van der Waals surface area contributed by atoms with E-state index in [0.29, 0.717) is 46.1 Å². The molecule has 6 rings (SSSR count). The Labute approximate surface area is 354 Å². The van der Waals surface area contributed by atoms with Crippen molar-refractivity contribution in [1.29, 1.82) is 0 Å². The van der Waals surface area contributed by atoms with E-state index in [1.807, 2.05) is 0 Å². The first kappa shape index (κ1) is 44.2. The molecule has 0 saturated carbocycles. The van der Waals surface area contributed by atoms with Crippen molar-refractivity contribution in [2.45, 2.75) is 36.5 Å². The first-order chi connectivity index (χ1) is 26.4. The Bertz CT molecular complexity index is 2640. The molecular formula is C36H28CaN6O12S2. The standard InChI is InChI=1S/2C18H15N3O6S.Ca/c2*1-2-11-9-13(21(23)24)5-7-16(11)19-20-18-15-10-14(28(25,26)27)6-3-12(15)4-8-17(18)22;/h2*3-10,22H,2H2,1H3,(H,25,26,27);/q;;+2/p-2. The second-order valence-electron chi connectivity index (χ2n) is 11.8. The molecule has 0 aliphatic heterocycles. The molecule has 0 aliphatic rings. The van der Waals surface area contributed by atoms with Gasteiger partial charge in [0.05, 0.1) is 31.0 Å². The number of phenolic OH excluding ortho intramolecular Hbond substituents is 2. The van der Waals surface area contributed by atoms with Crippen LogP contribution in [0.25, 0.3) is 21.5 Å². The van der Waals surface area contributed by atoms with Gasteiger partial charge in [-0.3, -0.25) is 20.2 Å². The monoisotopic (exact) mass is 840 g/mol. The molecular weight excluding hydrogens is 813 g/mol. The zero-order valence-electron chi connectivity index (χ0n) is 29.8. The normalized spacial score (nSPS) is 11.7. The Morgan fingerprint density at radius 2 is 0.895 bits per heavy atom. The minimum Gasteiger partial charge on any atom is -0.744 e. The number of azo groups is 2. The Hall–Kier alpha value is -5.48. The number of hydrogen-bond acceptors (Lipinski definition) is 16. The van der Waals surface area contributed by atoms with Crippen molar-refractivity contribution < 1.29 is 46.0 Å². The number of aryl methyl sites for hydroxylation is 2. The number of phenols is 2. The van der Waals surface area contributed by atoms with E-state index in [0.717, 1.165) is 12.1 Å². The SMILES string of the molecule is CCc1cc([N+](=O)[O-])ccc1N=Nc1c(O)ccc2ccc(S(=O)(=O)[O-])cc12.CCc1cc([N+](=O)[O-])ccc1N=Nc1c(O)ccc2ccc(S(=O)(=O)[O-])cc12.[Ca+2]. The number of hydrogen-bond donors (Lipinski definition) is 2. The number of fused-ring (bicyclic) bond motifs is 2. The van der Waals surface area contributed by atoms with Gasteiger partial charge in [-0.15, -0.1) is 10.2 Å². The Balaban J connectivity index is 0.000000248. The van der Waals surface area contributed by atoms with Crippen LogP contribution in [0.4, 0.5) is 34.1 Å². The molecule has 0 fully saturated rings. The van der Waals surface area contributed by atoms with Crippen molar-refractivity contribution in [2.24, 2.45) is 20.5 Å². The van der Waals surface area contributed by atoms with E-state index in [1.54, 1.807) is 26.0 Å². The molecule has 21 heteroatoms. The van der Waals surface area contributed by atoms with E-state index in [2.05, 4.69) is 20.5 Å². The average Bonchev–Trinajstić information content (AvgIpc) is 3.16. The molecule has 0 atom stereocenters. The topological polar surface area (TPSA) is 291 Å². The van der Waals surface area contributed by atoms with Gasteiger partial charge in [0.25, 0.3) is 11.4 Å². The Morgan fingerprint density at radius 3 is 1.21 bits per heavy atom. The summed E-state index contributed by atoms with van der Waals surface area (Å²) in [6.45, 7) is 3.61. The smallest absolute Gasteiger partial charge is 0.744 e. The maximum Gasteiger partial charge on any atom is 2.00 e. The zero-order chi connectivity index (χ0) is 40.9. The van der Waals surface area contributed by atoms with Crippen LogP contribution >= 0.6 is 0 Å². The molecule has 0 spiro atoms. The molecule has 6 aromatic carbocycles. The van der Waals surface area contributed by atoms with Gasteiger partial charge >= 0.3 is 37.7 Å². The quantitative estimate of drug-likeness (QED) is 0.0433. The molecule has 6 aromatic rings. The van der Waals surface area contributed by atoms with Crippen molar-refractivity contribution in [1.82, 2.24) is 0 Å². The van der Waals surface area contributed by atoms with Gasteiger partial charge in [0.1, 0.15) is 43.1 Å². The summed E-state index contributed by atoms with van der Waals surface area (Å²) in [6, 6.07) is 21.6. The molecule has 0 saturated heterocycles. The minimum atomic E-state index is -4.68. The maximum absolute atomic E-state index is 11.3. The number of nitro groups is 2. The molecule has 18 nitrogen and oxygen atoms in total. The predicted octanol–water partition coefficient (Wildman–Crippen LogP) is 8.29. The van der Waals surface area contributed by atoms with Crippen LogP contribution in [0, 0.1) is 20.2 Å². The second kappa shape index (κ2) is 18.2. The Morgan fingerprint density at radius 1 is 0.544 bits per heavy atom. The van der Waals surface area contributed by atoms with E-state index in [9.17, 15) is 56.4 Å². The van der Waals surface area contributed by atoms with Gasteiger partial charge in [-0.2, -0.15) is 10.2 Å². The van der Waals surface area contributed by atoms with Crippen LogP contribution in [0.1, 0.15) is 25.0 Å². The molecule has 0 heterocycles. The molecule has 2 N–H and O–H groups in total. The summed E-state index contributed by atoms with van der Waals surface area (Å²) in [5, 5.41) is 59.9. The van der Waals surface area contributed by atoms with E-state index in [1.165, 1.54) is 72.8 Å². The van der Waals surface area contributed by atoms with Crippen LogP contribution in [0.15, 0.2) is 127 Å². The molecule has 0 aromatic heterocycles. The zero-order valence-corrected chi connectivity index (χ0v) is 33.7. The van der Waals surface area contributed by atoms with Gasteiger partial charge in [0.15, 0.2) is 0 Å². The predicted molar refractivity (Wildman–Crippen MR) is 206 cm³/mol. The summed E-state index contributed by atoms with van der Waals surface area (Å²) in [5.74, 6) is -0.506. The van der Waals surface area contributed by atoms with Crippen LogP contribution in [-0.4, -0.2) is 83.7 Å². The summed E-state index contributed by atoms with van der Waals surface area (Å²) < 4.78 is 67.8. The van der Waals surface area contributed by atoms with E-state index in [4.69, 9.17) is 0 Å². The van der Waals surface area contributed by atoms with Gasteiger partial charge < -0.3 is 19.3 Å². The van der Waals surface area contributed by atoms with Crippen molar-refractivity contribution in [3.63, 3.8) is 0 Å². The van der Waals surface area contributed by atoms with Crippen LogP contribution in [0.3, 0.4) is 0 Å². The molecule has 288 valence electrons. The van der Waals surface area contributed by atoms with Crippen LogP contribution in [-0.2, 0) is 33.1 Å². The third-order valence-electron chi connectivity index (χ3n) is 8.29. The summed E-state index contributed by atoms with van der Waals surface area (Å²) >= 11 is 0. The van der Waals surface area contributed by atoms with Gasteiger partial charge in [-0.05, 0) is 83.3 Å². The van der Waals surface area contributed by atoms with Crippen molar-refractivity contribution >= 4 is 114 Å². The third kappa shape index (κ3) is 10.5. The molecule has 0 bridgehead atoms. The molecule has 57 heavy (non-hydrogen) atoms. The fourth-order valence-corrected chi connectivity index (χ4v) is 6.40. The van der Waals surface area contributed by atoms with Gasteiger partial charge in [0.2, 0.25) is 0 Å². The number of nitrogens with zero attached hydrogens (tertiary/aromatic N) is 6. The van der Waals surface area contributed by atoms with Gasteiger partial charge in [0, 0.05) is 35.0 Å².